The molecule has 0 aromatic carbocycles. The van der Waals surface area contributed by atoms with Crippen LogP contribution in [0.3, 0.4) is 0 Å². The van der Waals surface area contributed by atoms with Crippen molar-refractivity contribution in [1.29, 1.82) is 0 Å². The van der Waals surface area contributed by atoms with Crippen molar-refractivity contribution < 1.29 is 4.79 Å². The number of rotatable bonds is 3. The molecular formula is C21H33N7O. The molecule has 1 saturated heterocycles. The topological polar surface area (TPSA) is 79.2 Å². The summed E-state index contributed by atoms with van der Waals surface area (Å²) in [6, 6.07) is 0.436. The third-order valence-corrected chi connectivity index (χ3v) is 6.16. The number of carbonyl (C=O) groups excluding carboxylic acids is 1. The molecule has 2 aromatic rings. The normalized spacial score (nSPS) is 18.7. The van der Waals surface area contributed by atoms with E-state index in [0.29, 0.717) is 19.1 Å². The Kier molecular flexibility index (Phi) is 5.61. The molecule has 0 unspecified atom stereocenters. The Balaban J connectivity index is 1.49. The van der Waals surface area contributed by atoms with Gasteiger partial charge < -0.3 is 15.1 Å². The van der Waals surface area contributed by atoms with Gasteiger partial charge in [-0.3, -0.25) is 4.68 Å². The van der Waals surface area contributed by atoms with E-state index in [0.717, 1.165) is 54.3 Å². The molecule has 2 fully saturated rings. The van der Waals surface area contributed by atoms with Gasteiger partial charge in [-0.25, -0.2) is 14.8 Å². The van der Waals surface area contributed by atoms with Crippen LogP contribution in [0.25, 0.3) is 11.0 Å². The molecule has 2 aromatic heterocycles. The number of piperazine rings is 1. The van der Waals surface area contributed by atoms with E-state index in [2.05, 4.69) is 29.2 Å². The summed E-state index contributed by atoms with van der Waals surface area (Å²) in [5.41, 5.74) is 2.84. The van der Waals surface area contributed by atoms with Crippen molar-refractivity contribution in [3.05, 3.63) is 11.5 Å². The van der Waals surface area contributed by atoms with Crippen molar-refractivity contribution in [2.24, 2.45) is 7.05 Å². The van der Waals surface area contributed by atoms with Crippen LogP contribution in [0.4, 0.5) is 10.6 Å². The molecule has 0 bridgehead atoms. The maximum atomic E-state index is 12.7. The Labute approximate surface area is 172 Å². The van der Waals surface area contributed by atoms with Crippen molar-refractivity contribution in [1.82, 2.24) is 30.0 Å². The predicted molar refractivity (Wildman–Crippen MR) is 114 cm³/mol. The van der Waals surface area contributed by atoms with Crippen molar-refractivity contribution in [3.8, 4) is 0 Å². The van der Waals surface area contributed by atoms with E-state index in [9.17, 15) is 4.79 Å². The summed E-state index contributed by atoms with van der Waals surface area (Å²) in [6.07, 6.45) is 5.98. The summed E-state index contributed by atoms with van der Waals surface area (Å²) in [5, 5.41) is 7.81. The summed E-state index contributed by atoms with van der Waals surface area (Å²) in [6.45, 7) is 9.18. The standard InChI is InChI=1S/C21H33N7O/c1-14(2)19-23-17-15(3)25-26(4)18(17)20(24-19)27-10-12-28(13-11-27)21(29)22-16-8-6-5-7-9-16/h14,16H,5-13H2,1-4H3,(H,22,29). The monoisotopic (exact) mass is 399 g/mol. The molecule has 8 heteroatoms. The van der Waals surface area contributed by atoms with Crippen molar-refractivity contribution >= 4 is 22.9 Å². The lowest BCUT2D eigenvalue weighted by atomic mass is 9.96. The number of aromatic nitrogens is 4. The van der Waals surface area contributed by atoms with Crippen LogP contribution in [0.2, 0.25) is 0 Å². The first kappa shape index (κ1) is 19.9. The third-order valence-electron chi connectivity index (χ3n) is 6.16. The molecule has 0 spiro atoms. The first-order chi connectivity index (χ1) is 13.9. The fraction of sp³-hybridized carbons (Fsp3) is 0.714. The number of hydrogen-bond acceptors (Lipinski definition) is 5. The Hall–Kier alpha value is -2.38. The highest BCUT2D eigenvalue weighted by atomic mass is 16.2. The molecular weight excluding hydrogens is 366 g/mol. The average molecular weight is 400 g/mol. The van der Waals surface area contributed by atoms with Gasteiger partial charge in [-0.15, -0.1) is 0 Å². The minimum Gasteiger partial charge on any atom is -0.351 e. The molecule has 158 valence electrons. The zero-order valence-corrected chi connectivity index (χ0v) is 18.1. The van der Waals surface area contributed by atoms with Crippen LogP contribution >= 0.6 is 0 Å². The first-order valence-electron chi connectivity index (χ1n) is 11.0. The van der Waals surface area contributed by atoms with Gasteiger partial charge >= 0.3 is 6.03 Å². The van der Waals surface area contributed by atoms with Crippen LogP contribution in [0.1, 0.15) is 63.4 Å². The second kappa shape index (κ2) is 8.16. The number of nitrogens with one attached hydrogen (secondary N) is 1. The van der Waals surface area contributed by atoms with Gasteiger partial charge in [0.25, 0.3) is 0 Å². The lowest BCUT2D eigenvalue weighted by molar-refractivity contribution is 0.186. The summed E-state index contributed by atoms with van der Waals surface area (Å²) in [7, 11) is 1.95. The molecule has 2 amide bonds. The zero-order valence-electron chi connectivity index (χ0n) is 18.1. The zero-order chi connectivity index (χ0) is 20.5. The number of urea groups is 1. The van der Waals surface area contributed by atoms with Crippen LogP contribution < -0.4 is 10.2 Å². The minimum atomic E-state index is 0.0867. The Morgan fingerprint density at radius 2 is 1.76 bits per heavy atom. The van der Waals surface area contributed by atoms with E-state index in [1.54, 1.807) is 0 Å². The number of hydrogen-bond donors (Lipinski definition) is 1. The highest BCUT2D eigenvalue weighted by Gasteiger charge is 2.27. The highest BCUT2D eigenvalue weighted by molar-refractivity contribution is 5.88. The number of carbonyl (C=O) groups is 1. The molecule has 2 aliphatic rings. The van der Waals surface area contributed by atoms with Gasteiger partial charge in [-0.1, -0.05) is 33.1 Å². The number of anilines is 1. The molecule has 4 rings (SSSR count). The van der Waals surface area contributed by atoms with Gasteiger partial charge in [0.1, 0.15) is 16.9 Å². The van der Waals surface area contributed by atoms with Crippen molar-refractivity contribution in [2.75, 3.05) is 31.1 Å². The van der Waals surface area contributed by atoms with Gasteiger partial charge in [-0.05, 0) is 19.8 Å². The Bertz CT molecular complexity index is 877. The predicted octanol–water partition coefficient (Wildman–Crippen LogP) is 2.96. The number of aryl methyl sites for hydroxylation is 2. The highest BCUT2D eigenvalue weighted by Crippen LogP contribution is 2.28. The van der Waals surface area contributed by atoms with E-state index in [4.69, 9.17) is 9.97 Å². The van der Waals surface area contributed by atoms with E-state index in [-0.39, 0.29) is 11.9 Å². The number of fused-ring (bicyclic) bond motifs is 1. The minimum absolute atomic E-state index is 0.0867. The van der Waals surface area contributed by atoms with E-state index in [1.807, 2.05) is 23.6 Å². The number of amides is 2. The number of nitrogens with zero attached hydrogens (tertiary/aromatic N) is 6. The molecule has 3 heterocycles. The molecule has 0 atom stereocenters. The summed E-state index contributed by atoms with van der Waals surface area (Å²) in [5.74, 6) is 2.04. The second-order valence-electron chi connectivity index (χ2n) is 8.72. The van der Waals surface area contributed by atoms with E-state index < -0.39 is 0 Å². The van der Waals surface area contributed by atoms with Crippen LogP contribution in [-0.4, -0.2) is 62.9 Å². The maximum Gasteiger partial charge on any atom is 0.317 e. The van der Waals surface area contributed by atoms with Crippen LogP contribution in [0, 0.1) is 6.92 Å². The molecule has 0 radical (unpaired) electrons. The molecule has 1 aliphatic heterocycles. The van der Waals surface area contributed by atoms with Gasteiger partial charge in [-0.2, -0.15) is 5.10 Å². The van der Waals surface area contributed by atoms with Gasteiger partial charge in [0.2, 0.25) is 0 Å². The Morgan fingerprint density at radius 1 is 1.07 bits per heavy atom. The van der Waals surface area contributed by atoms with Gasteiger partial charge in [0, 0.05) is 45.2 Å². The third kappa shape index (κ3) is 4.02. The molecule has 1 aliphatic carbocycles. The van der Waals surface area contributed by atoms with E-state index >= 15 is 0 Å². The van der Waals surface area contributed by atoms with Crippen LogP contribution in [0.15, 0.2) is 0 Å². The fourth-order valence-electron chi connectivity index (χ4n) is 4.45. The van der Waals surface area contributed by atoms with E-state index in [1.165, 1.54) is 19.3 Å². The summed E-state index contributed by atoms with van der Waals surface area (Å²) in [4.78, 5) is 26.6. The smallest absolute Gasteiger partial charge is 0.317 e. The van der Waals surface area contributed by atoms with Gasteiger partial charge in [0.05, 0.1) is 5.69 Å². The summed E-state index contributed by atoms with van der Waals surface area (Å²) < 4.78 is 1.88. The van der Waals surface area contributed by atoms with Crippen molar-refractivity contribution in [3.63, 3.8) is 0 Å². The van der Waals surface area contributed by atoms with Gasteiger partial charge in [0.15, 0.2) is 5.82 Å². The maximum absolute atomic E-state index is 12.7. The van der Waals surface area contributed by atoms with Crippen LogP contribution in [-0.2, 0) is 7.05 Å². The SMILES string of the molecule is Cc1nn(C)c2c(N3CCN(C(=O)NC4CCCCC4)CC3)nc(C(C)C)nc12. The summed E-state index contributed by atoms with van der Waals surface area (Å²) >= 11 is 0. The lowest BCUT2D eigenvalue weighted by Crippen LogP contribution is -2.54. The largest absolute Gasteiger partial charge is 0.351 e. The van der Waals surface area contributed by atoms with Crippen LogP contribution in [0.5, 0.6) is 0 Å². The molecule has 8 nitrogen and oxygen atoms in total. The molecule has 29 heavy (non-hydrogen) atoms. The molecule has 1 saturated carbocycles. The fourth-order valence-corrected chi connectivity index (χ4v) is 4.45. The first-order valence-corrected chi connectivity index (χ1v) is 11.0. The Morgan fingerprint density at radius 3 is 2.41 bits per heavy atom. The van der Waals surface area contributed by atoms with Crippen molar-refractivity contribution in [2.45, 2.75) is 64.8 Å². The average Bonchev–Trinajstić information content (AvgIpc) is 3.02. The quantitative estimate of drug-likeness (QED) is 0.858. The molecule has 1 N–H and O–H groups in total. The lowest BCUT2D eigenvalue weighted by Gasteiger charge is -2.36. The second-order valence-corrected chi connectivity index (χ2v) is 8.72.